The molecular weight excluding hydrogens is 376 g/mol. The van der Waals surface area contributed by atoms with Crippen LogP contribution in [0.25, 0.3) is 0 Å². The molecule has 4 rings (SSSR count). The van der Waals surface area contributed by atoms with Gasteiger partial charge >= 0.3 is 0 Å². The number of anilines is 1. The molecule has 1 aliphatic heterocycles. The Bertz CT molecular complexity index is 944. The van der Waals surface area contributed by atoms with Crippen LogP contribution in [0.4, 0.5) is 5.69 Å². The van der Waals surface area contributed by atoms with Crippen molar-refractivity contribution in [3.05, 3.63) is 58.9 Å². The highest BCUT2D eigenvalue weighted by Crippen LogP contribution is 2.52. The summed E-state index contributed by atoms with van der Waals surface area (Å²) in [6, 6.07) is 9.72. The summed E-state index contributed by atoms with van der Waals surface area (Å²) in [4.78, 5) is 17.1. The Morgan fingerprint density at radius 2 is 2.10 bits per heavy atom. The summed E-state index contributed by atoms with van der Waals surface area (Å²) in [5.41, 5.74) is 3.95. The average Bonchev–Trinajstić information content (AvgIpc) is 2.91. The zero-order valence-electron chi connectivity index (χ0n) is 18.2. The summed E-state index contributed by atoms with van der Waals surface area (Å²) in [7, 11) is 0. The quantitative estimate of drug-likeness (QED) is 0.765. The van der Waals surface area contributed by atoms with Gasteiger partial charge in [0.25, 0.3) is 5.91 Å². The number of aryl methyl sites for hydroxylation is 1. The van der Waals surface area contributed by atoms with E-state index in [0.717, 1.165) is 49.0 Å². The van der Waals surface area contributed by atoms with Crippen LogP contribution in [0.3, 0.4) is 0 Å². The largest absolute Gasteiger partial charge is 0.390 e. The Kier molecular flexibility index (Phi) is 5.69. The van der Waals surface area contributed by atoms with E-state index in [0.29, 0.717) is 24.7 Å². The fourth-order valence-electron chi connectivity index (χ4n) is 5.43. The van der Waals surface area contributed by atoms with E-state index in [9.17, 15) is 9.90 Å². The number of benzene rings is 1. The van der Waals surface area contributed by atoms with Gasteiger partial charge in [-0.05, 0) is 80.3 Å². The van der Waals surface area contributed by atoms with Crippen LogP contribution in [0.5, 0.6) is 0 Å². The number of fused-ring (bicyclic) bond motifs is 3. The Labute approximate surface area is 178 Å². The molecule has 1 aromatic carbocycles. The maximum atomic E-state index is 12.9. The van der Waals surface area contributed by atoms with Crippen molar-refractivity contribution >= 4 is 11.6 Å². The van der Waals surface area contributed by atoms with E-state index < -0.39 is 5.60 Å². The van der Waals surface area contributed by atoms with Crippen molar-refractivity contribution in [3.8, 4) is 0 Å². The smallest absolute Gasteiger partial charge is 0.255 e. The van der Waals surface area contributed by atoms with Gasteiger partial charge in [-0.1, -0.05) is 19.9 Å². The number of ether oxygens (including phenoxy) is 1. The van der Waals surface area contributed by atoms with Gasteiger partial charge in [-0.25, -0.2) is 0 Å². The molecule has 5 nitrogen and oxygen atoms in total. The standard InChI is InChI=1S/C25H32N2O3/c1-4-24(29)10-11-25(5-2)20(14-24)16-30-15-19-13-18(8-9-21(19)25)23(28)27-22-7-6-12-26-17(22)3/h6-9,12-13,20,29H,4-5,10-11,14-16H2,1-3H3,(H,27,28)/t20-,24-,25-/m0/s1. The van der Waals surface area contributed by atoms with Crippen LogP contribution in [0, 0.1) is 12.8 Å². The number of pyridine rings is 1. The molecular formula is C25H32N2O3. The number of rotatable bonds is 4. The van der Waals surface area contributed by atoms with Crippen LogP contribution in [-0.2, 0) is 16.8 Å². The first kappa shape index (κ1) is 21.0. The number of nitrogens with zero attached hydrogens (tertiary/aromatic N) is 1. The normalized spacial score (nSPS) is 28.2. The third-order valence-electron chi connectivity index (χ3n) is 7.47. The highest BCUT2D eigenvalue weighted by Gasteiger charge is 2.49. The molecule has 1 fully saturated rings. The van der Waals surface area contributed by atoms with Gasteiger partial charge in [0.05, 0.1) is 30.2 Å². The molecule has 1 aromatic heterocycles. The maximum absolute atomic E-state index is 12.9. The van der Waals surface area contributed by atoms with E-state index in [-0.39, 0.29) is 11.3 Å². The van der Waals surface area contributed by atoms with Gasteiger partial charge in [0.1, 0.15) is 0 Å². The first-order chi connectivity index (χ1) is 14.4. The minimum Gasteiger partial charge on any atom is -0.390 e. The average molecular weight is 409 g/mol. The zero-order chi connectivity index (χ0) is 21.4. The molecule has 3 atom stereocenters. The number of hydrogen-bond donors (Lipinski definition) is 2. The van der Waals surface area contributed by atoms with E-state index in [4.69, 9.17) is 4.74 Å². The predicted octanol–water partition coefficient (Wildman–Crippen LogP) is 4.76. The summed E-state index contributed by atoms with van der Waals surface area (Å²) in [5.74, 6) is 0.157. The lowest BCUT2D eigenvalue weighted by Crippen LogP contribution is -2.48. The number of hydrogen-bond acceptors (Lipinski definition) is 4. The third-order valence-corrected chi connectivity index (χ3v) is 7.47. The lowest BCUT2D eigenvalue weighted by molar-refractivity contribution is -0.0677. The van der Waals surface area contributed by atoms with Crippen molar-refractivity contribution in [2.24, 2.45) is 5.92 Å². The molecule has 0 unspecified atom stereocenters. The summed E-state index contributed by atoms with van der Waals surface area (Å²) in [6.07, 6.45) is 6.05. The Hall–Kier alpha value is -2.24. The second-order valence-corrected chi connectivity index (χ2v) is 8.97. The Morgan fingerprint density at radius 3 is 2.83 bits per heavy atom. The lowest BCUT2D eigenvalue weighted by Gasteiger charge is -2.49. The first-order valence-corrected chi connectivity index (χ1v) is 11.1. The topological polar surface area (TPSA) is 71.5 Å². The summed E-state index contributed by atoms with van der Waals surface area (Å²) < 4.78 is 6.07. The molecule has 1 aliphatic carbocycles. The van der Waals surface area contributed by atoms with Crippen LogP contribution in [-0.4, -0.2) is 28.2 Å². The summed E-state index contributed by atoms with van der Waals surface area (Å²) in [5, 5.41) is 13.9. The van der Waals surface area contributed by atoms with Crippen LogP contribution in [0.2, 0.25) is 0 Å². The van der Waals surface area contributed by atoms with Gasteiger partial charge in [0.2, 0.25) is 0 Å². The Morgan fingerprint density at radius 1 is 1.27 bits per heavy atom. The molecule has 160 valence electrons. The molecule has 0 bridgehead atoms. The summed E-state index contributed by atoms with van der Waals surface area (Å²) in [6.45, 7) is 7.35. The SMILES string of the molecule is CC[C@]1(O)CC[C@]2(CC)c3ccc(C(=O)Nc4cccnc4C)cc3COC[C@@H]2C1. The second-order valence-electron chi connectivity index (χ2n) is 8.97. The molecule has 30 heavy (non-hydrogen) atoms. The Balaban J connectivity index is 1.65. The van der Waals surface area contributed by atoms with Gasteiger partial charge < -0.3 is 15.2 Å². The fraction of sp³-hybridized carbons (Fsp3) is 0.520. The highest BCUT2D eigenvalue weighted by molar-refractivity contribution is 6.04. The molecule has 1 saturated carbocycles. The van der Waals surface area contributed by atoms with Crippen molar-refractivity contribution in [1.82, 2.24) is 4.98 Å². The van der Waals surface area contributed by atoms with E-state index in [1.165, 1.54) is 5.56 Å². The number of aromatic nitrogens is 1. The van der Waals surface area contributed by atoms with E-state index in [1.807, 2.05) is 31.2 Å². The number of carbonyl (C=O) groups excluding carboxylic acids is 1. The number of amides is 1. The summed E-state index contributed by atoms with van der Waals surface area (Å²) >= 11 is 0. The van der Waals surface area contributed by atoms with Gasteiger partial charge in [0, 0.05) is 17.2 Å². The van der Waals surface area contributed by atoms with Crippen LogP contribution < -0.4 is 5.32 Å². The monoisotopic (exact) mass is 408 g/mol. The van der Waals surface area contributed by atoms with Crippen molar-refractivity contribution < 1.29 is 14.6 Å². The van der Waals surface area contributed by atoms with Crippen molar-refractivity contribution in [1.29, 1.82) is 0 Å². The molecule has 0 spiro atoms. The van der Waals surface area contributed by atoms with E-state index >= 15 is 0 Å². The number of aliphatic hydroxyl groups is 1. The van der Waals surface area contributed by atoms with Gasteiger partial charge in [0.15, 0.2) is 0 Å². The van der Waals surface area contributed by atoms with Crippen LogP contribution in [0.15, 0.2) is 36.5 Å². The number of nitrogens with one attached hydrogen (secondary N) is 1. The minimum absolute atomic E-state index is 0.00216. The lowest BCUT2D eigenvalue weighted by atomic mass is 9.57. The molecule has 2 heterocycles. The van der Waals surface area contributed by atoms with Crippen LogP contribution >= 0.6 is 0 Å². The van der Waals surface area contributed by atoms with Crippen LogP contribution in [0.1, 0.15) is 73.1 Å². The van der Waals surface area contributed by atoms with Crippen molar-refractivity contribution in [3.63, 3.8) is 0 Å². The maximum Gasteiger partial charge on any atom is 0.255 e. The number of carbonyl (C=O) groups is 1. The van der Waals surface area contributed by atoms with E-state index in [2.05, 4.69) is 30.2 Å². The third kappa shape index (κ3) is 3.65. The molecule has 2 aromatic rings. The highest BCUT2D eigenvalue weighted by atomic mass is 16.5. The van der Waals surface area contributed by atoms with Crippen molar-refractivity contribution in [2.75, 3.05) is 11.9 Å². The molecule has 1 amide bonds. The molecule has 0 radical (unpaired) electrons. The van der Waals surface area contributed by atoms with Gasteiger partial charge in [-0.15, -0.1) is 0 Å². The zero-order valence-corrected chi connectivity index (χ0v) is 18.2. The minimum atomic E-state index is -0.585. The fourth-order valence-corrected chi connectivity index (χ4v) is 5.43. The molecule has 0 saturated heterocycles. The van der Waals surface area contributed by atoms with E-state index in [1.54, 1.807) is 6.20 Å². The molecule has 2 aliphatic rings. The first-order valence-electron chi connectivity index (χ1n) is 11.1. The van der Waals surface area contributed by atoms with Crippen molar-refractivity contribution in [2.45, 2.75) is 70.5 Å². The predicted molar refractivity (Wildman–Crippen MR) is 118 cm³/mol. The second kappa shape index (κ2) is 8.12. The molecule has 5 heteroatoms. The van der Waals surface area contributed by atoms with Gasteiger partial charge in [-0.2, -0.15) is 0 Å². The van der Waals surface area contributed by atoms with Gasteiger partial charge in [-0.3, -0.25) is 9.78 Å². The molecule has 2 N–H and O–H groups in total.